The molecule has 1 atom stereocenters. The minimum Gasteiger partial charge on any atom is -0.303 e. The molecule has 1 unspecified atom stereocenters. The molecule has 4 heterocycles. The highest BCUT2D eigenvalue weighted by Crippen LogP contribution is 2.52. The Morgan fingerprint density at radius 1 is 0.611 bits per heavy atom. The normalized spacial score (nSPS) is 24.3. The zero-order chi connectivity index (χ0) is 59.9. The van der Waals surface area contributed by atoms with Crippen molar-refractivity contribution in [1.82, 2.24) is 0 Å². The third-order valence-corrected chi connectivity index (χ3v) is 12.9. The summed E-state index contributed by atoms with van der Waals surface area (Å²) in [4.78, 5) is 3.30. The average Bonchev–Trinajstić information content (AvgIpc) is 3.88. The monoisotopic (exact) mass is 769 g/mol. The maximum absolute atomic E-state index is 8.98. The highest BCUT2D eigenvalue weighted by atomic mass is 32.1. The number of aryl methyl sites for hydroxylation is 1. The van der Waals surface area contributed by atoms with Gasteiger partial charge in [0.2, 0.25) is 0 Å². The summed E-state index contributed by atoms with van der Waals surface area (Å²) in [7, 11) is 0. The third kappa shape index (κ3) is 5.33. The smallest absolute Gasteiger partial charge is 0.256 e. The molecule has 2 aliphatic rings. The Kier molecular flexibility index (Phi) is 3.85. The number of anilines is 6. The van der Waals surface area contributed by atoms with Crippen LogP contribution >= 0.6 is 22.7 Å². The molecule has 0 fully saturated rings. The number of fused-ring (bicyclic) bond motifs is 8. The topological polar surface area (TPSA) is 6.48 Å². The van der Waals surface area contributed by atoms with Crippen LogP contribution in [0.5, 0.6) is 0 Å². The van der Waals surface area contributed by atoms with Gasteiger partial charge in [-0.15, -0.1) is 22.7 Å². The van der Waals surface area contributed by atoms with Gasteiger partial charge in [-0.3, -0.25) is 0 Å². The van der Waals surface area contributed by atoms with Crippen LogP contribution in [-0.4, -0.2) is 6.71 Å². The lowest BCUT2D eigenvalue weighted by atomic mass is 9.33. The molecule has 7 aromatic rings. The average molecular weight is 769 g/mol. The fourth-order valence-electron chi connectivity index (χ4n) is 8.02. The SMILES string of the molecule is [2H]C([2H])([2H])c1cc2c3c(c1)N(c1ccc(C([2H])(C([2H])([2H])[2H])C([2H])([2H])[2H])cc1)c1sc4c(C(C([2H])([2H])[2H])(C([2H])([2H])[2H])C([2H])([2H])[2H])cccc4c1B3c1c(sc3c(C(C)(C)C([2H])([2H])[2H])cccc13)N2c1ccc(C([2H])(C)C([2H])([2H])[2H])cc1. The molecule has 0 bridgehead atoms. The Hall–Kier alpha value is -4.32. The molecule has 9 rings (SSSR count). The highest BCUT2D eigenvalue weighted by Gasteiger charge is 2.47. The zero-order valence-electron chi connectivity index (χ0n) is 55.5. The quantitative estimate of drug-likeness (QED) is 0.165. The first-order valence-corrected chi connectivity index (χ1v) is 18.9. The van der Waals surface area contributed by atoms with Crippen LogP contribution in [0, 0.1) is 6.85 Å². The van der Waals surface area contributed by atoms with Crippen molar-refractivity contribution in [3.63, 3.8) is 0 Å². The predicted molar refractivity (Wildman–Crippen MR) is 242 cm³/mol. The van der Waals surface area contributed by atoms with E-state index < -0.39 is 95.3 Å². The highest BCUT2D eigenvalue weighted by molar-refractivity contribution is 7.29. The van der Waals surface area contributed by atoms with Crippen LogP contribution in [0.4, 0.5) is 32.8 Å². The fraction of sp³-hybridized carbons (Fsp3) is 0.306. The Morgan fingerprint density at radius 2 is 1.09 bits per heavy atom. The van der Waals surface area contributed by atoms with Gasteiger partial charge in [0, 0.05) is 67.8 Å². The molecule has 0 saturated carbocycles. The minimum absolute atomic E-state index is 0.0843. The Morgan fingerprint density at radius 3 is 1.56 bits per heavy atom. The second-order valence-electron chi connectivity index (χ2n) is 14.5. The number of thiophene rings is 2. The summed E-state index contributed by atoms with van der Waals surface area (Å²) in [5.74, 6) is -5.25. The molecule has 0 amide bonds. The molecule has 5 heteroatoms. The van der Waals surface area contributed by atoms with Gasteiger partial charge in [-0.2, -0.15) is 0 Å². The molecule has 2 aromatic heterocycles. The summed E-state index contributed by atoms with van der Waals surface area (Å²) < 4.78 is 224. The number of hydrogen-bond acceptors (Lipinski definition) is 4. The Balaban J connectivity index is 1.50. The number of nitrogens with zero attached hydrogens (tertiary/aromatic N) is 2. The van der Waals surface area contributed by atoms with E-state index >= 15 is 0 Å². The summed E-state index contributed by atoms with van der Waals surface area (Å²) in [6, 6.07) is 23.1. The molecule has 0 aliphatic carbocycles. The van der Waals surface area contributed by atoms with Crippen molar-refractivity contribution in [3.05, 3.63) is 125 Å². The van der Waals surface area contributed by atoms with Gasteiger partial charge in [0.15, 0.2) is 0 Å². The van der Waals surface area contributed by atoms with Crippen LogP contribution in [0.3, 0.4) is 0 Å². The number of rotatable bonds is 4. The van der Waals surface area contributed by atoms with E-state index in [1.165, 1.54) is 60.7 Å². The summed E-state index contributed by atoms with van der Waals surface area (Å²) in [6.07, 6.45) is 0. The van der Waals surface area contributed by atoms with E-state index in [0.717, 1.165) is 29.5 Å². The van der Waals surface area contributed by atoms with E-state index in [0.29, 0.717) is 42.7 Å². The molecule has 2 aliphatic heterocycles. The van der Waals surface area contributed by atoms with Crippen LogP contribution in [0.15, 0.2) is 97.1 Å². The van der Waals surface area contributed by atoms with Gasteiger partial charge in [0.1, 0.15) is 0 Å². The maximum Gasteiger partial charge on any atom is 0.256 e. The largest absolute Gasteiger partial charge is 0.303 e. The molecular formula is C49H51BN2S2. The van der Waals surface area contributed by atoms with Gasteiger partial charge < -0.3 is 9.80 Å². The van der Waals surface area contributed by atoms with Crippen molar-refractivity contribution in [2.75, 3.05) is 9.80 Å². The van der Waals surface area contributed by atoms with Crippen LogP contribution < -0.4 is 26.2 Å². The zero-order valence-corrected chi connectivity index (χ0v) is 31.2. The van der Waals surface area contributed by atoms with Crippen molar-refractivity contribution in [1.29, 1.82) is 0 Å². The maximum atomic E-state index is 8.98. The van der Waals surface area contributed by atoms with Gasteiger partial charge in [-0.1, -0.05) is 129 Å². The first kappa shape index (κ1) is 16.8. The molecule has 0 saturated heterocycles. The second kappa shape index (κ2) is 12.3. The standard InChI is InChI=1S/C49H51BN2S2/c1-28(2)31-18-22-33(23-19-31)51-39-26-30(5)27-40-43(39)50(41-35-14-12-16-37(48(6,7)8)44(35)53-46(41)51)42-36-15-13-17-38(49(9,10)11)45(36)54-47(42)52(40)34-24-20-32(21-25-34)29(3)4/h12-29H,1-11H3/i1D3,2D3,3D3,5D3,6D3,7D3,8D3,9D3,28D,29D. The van der Waals surface area contributed by atoms with Crippen molar-refractivity contribution >= 4 is 98.7 Å². The van der Waals surface area contributed by atoms with E-state index in [9.17, 15) is 0 Å². The molecule has 0 spiro atoms. The Bertz CT molecular complexity index is 3540. The van der Waals surface area contributed by atoms with Gasteiger partial charge in [0.25, 0.3) is 6.71 Å². The predicted octanol–water partition coefficient (Wildman–Crippen LogP) is 13.3. The van der Waals surface area contributed by atoms with Crippen LogP contribution in [0.25, 0.3) is 20.2 Å². The number of hydrogen-bond donors (Lipinski definition) is 0. The van der Waals surface area contributed by atoms with Gasteiger partial charge in [-0.25, -0.2) is 0 Å². The van der Waals surface area contributed by atoms with Crippen LogP contribution in [-0.2, 0) is 10.8 Å². The molecule has 0 radical (unpaired) electrons. The Labute approximate surface area is 367 Å². The van der Waals surface area contributed by atoms with E-state index in [4.69, 9.17) is 35.6 Å². The molecule has 0 N–H and O–H groups in total. The van der Waals surface area contributed by atoms with Crippen LogP contribution in [0.2, 0.25) is 0 Å². The third-order valence-electron chi connectivity index (χ3n) is 10.4. The van der Waals surface area contributed by atoms with Gasteiger partial charge >= 0.3 is 0 Å². The molecule has 2 nitrogen and oxygen atoms in total. The lowest BCUT2D eigenvalue weighted by Crippen LogP contribution is -2.60. The minimum atomic E-state index is -3.72. The molecule has 272 valence electrons. The first-order chi connectivity index (χ1) is 36.2. The summed E-state index contributed by atoms with van der Waals surface area (Å²) >= 11 is 2.00. The van der Waals surface area contributed by atoms with Gasteiger partial charge in [-0.05, 0) is 121 Å². The summed E-state index contributed by atoms with van der Waals surface area (Å²) in [5, 5.41) is 1.29. The molecule has 54 heavy (non-hydrogen) atoms. The van der Waals surface area contributed by atoms with E-state index in [2.05, 4.69) is 0 Å². The van der Waals surface area contributed by atoms with E-state index in [1.54, 1.807) is 60.0 Å². The summed E-state index contributed by atoms with van der Waals surface area (Å²) in [6.45, 7) is -22.8. The van der Waals surface area contributed by atoms with Gasteiger partial charge in [0.05, 0.1) is 10.0 Å². The lowest BCUT2D eigenvalue weighted by Gasteiger charge is -2.42. The fourth-order valence-corrected chi connectivity index (χ4v) is 11.0. The summed E-state index contributed by atoms with van der Waals surface area (Å²) in [5.41, 5.74) is -3.77. The van der Waals surface area contributed by atoms with E-state index in [1.807, 2.05) is 0 Å². The van der Waals surface area contributed by atoms with Crippen LogP contribution in [0.1, 0.15) is 144 Å². The van der Waals surface area contributed by atoms with Crippen molar-refractivity contribution in [3.8, 4) is 0 Å². The number of benzene rings is 5. The first-order valence-electron chi connectivity index (χ1n) is 30.3. The van der Waals surface area contributed by atoms with Crippen molar-refractivity contribution < 1.29 is 35.6 Å². The molecular weight excluding hydrogens is 691 g/mol. The van der Waals surface area contributed by atoms with Crippen molar-refractivity contribution in [2.45, 2.75) is 98.2 Å². The molecule has 5 aromatic carbocycles. The second-order valence-corrected chi connectivity index (χ2v) is 16.5. The van der Waals surface area contributed by atoms with E-state index in [-0.39, 0.29) is 43.3 Å². The van der Waals surface area contributed by atoms with Crippen molar-refractivity contribution in [2.24, 2.45) is 0 Å². The lowest BCUT2D eigenvalue weighted by molar-refractivity contribution is 0.596.